The predicted octanol–water partition coefficient (Wildman–Crippen LogP) is 1.81. The Kier molecular flexibility index (Phi) is 4.26. The van der Waals surface area contributed by atoms with Crippen molar-refractivity contribution in [1.82, 2.24) is 20.1 Å². The van der Waals surface area contributed by atoms with Crippen molar-refractivity contribution in [2.75, 3.05) is 0 Å². The van der Waals surface area contributed by atoms with Crippen molar-refractivity contribution in [1.29, 1.82) is 0 Å². The first-order chi connectivity index (χ1) is 8.89. The van der Waals surface area contributed by atoms with Gasteiger partial charge in [-0.1, -0.05) is 6.42 Å². The molecule has 2 heterocycles. The zero-order chi connectivity index (χ0) is 14.0. The summed E-state index contributed by atoms with van der Waals surface area (Å²) in [5.74, 6) is 2.10. The van der Waals surface area contributed by atoms with Crippen molar-refractivity contribution >= 4 is 0 Å². The maximum atomic E-state index is 10.0. The number of hydrogen-bond acceptors (Lipinski definition) is 4. The Bertz CT molecular complexity index is 422. The zero-order valence-electron chi connectivity index (χ0n) is 12.5. The molecule has 2 rings (SSSR count). The molecule has 1 aliphatic heterocycles. The van der Waals surface area contributed by atoms with Crippen molar-refractivity contribution in [2.24, 2.45) is 0 Å². The van der Waals surface area contributed by atoms with Crippen molar-refractivity contribution in [3.8, 4) is 0 Å². The lowest BCUT2D eigenvalue weighted by molar-refractivity contribution is 0.0400. The van der Waals surface area contributed by atoms with Gasteiger partial charge in [0.25, 0.3) is 0 Å². The molecular weight excluding hydrogens is 240 g/mol. The molecule has 1 aromatic heterocycles. The van der Waals surface area contributed by atoms with Crippen LogP contribution in [-0.2, 0) is 13.0 Å². The van der Waals surface area contributed by atoms with Gasteiger partial charge in [0.15, 0.2) is 0 Å². The number of aromatic nitrogens is 3. The summed E-state index contributed by atoms with van der Waals surface area (Å²) >= 11 is 0. The van der Waals surface area contributed by atoms with E-state index in [0.29, 0.717) is 0 Å². The molecule has 0 saturated heterocycles. The van der Waals surface area contributed by atoms with Gasteiger partial charge in [-0.2, -0.15) is 0 Å². The van der Waals surface area contributed by atoms with E-state index in [1.54, 1.807) is 0 Å². The van der Waals surface area contributed by atoms with Crippen LogP contribution in [0.2, 0.25) is 0 Å². The molecule has 0 bridgehead atoms. The lowest BCUT2D eigenvalue weighted by Gasteiger charge is -2.29. The summed E-state index contributed by atoms with van der Waals surface area (Å²) < 4.78 is 2.25. The third-order valence-corrected chi connectivity index (χ3v) is 4.09. The van der Waals surface area contributed by atoms with Gasteiger partial charge in [0.05, 0.1) is 11.6 Å². The van der Waals surface area contributed by atoms with E-state index in [1.165, 1.54) is 19.3 Å². The summed E-state index contributed by atoms with van der Waals surface area (Å²) in [7, 11) is 0. The lowest BCUT2D eigenvalue weighted by Crippen LogP contribution is -2.45. The molecule has 2 unspecified atom stereocenters. The molecule has 0 radical (unpaired) electrons. The highest BCUT2D eigenvalue weighted by molar-refractivity contribution is 5.03. The van der Waals surface area contributed by atoms with E-state index in [9.17, 15) is 5.11 Å². The van der Waals surface area contributed by atoms with Crippen molar-refractivity contribution < 1.29 is 5.11 Å². The summed E-state index contributed by atoms with van der Waals surface area (Å²) in [5.41, 5.74) is -0.740. The second kappa shape index (κ2) is 5.59. The minimum Gasteiger partial charge on any atom is -0.389 e. The summed E-state index contributed by atoms with van der Waals surface area (Å²) in [5, 5.41) is 22.1. The number of aliphatic hydroxyl groups is 1. The van der Waals surface area contributed by atoms with Gasteiger partial charge in [0.1, 0.15) is 11.6 Å². The number of nitrogens with one attached hydrogen (secondary N) is 1. The van der Waals surface area contributed by atoms with Gasteiger partial charge in [-0.25, -0.2) is 0 Å². The van der Waals surface area contributed by atoms with Gasteiger partial charge in [0, 0.05) is 19.0 Å². The summed E-state index contributed by atoms with van der Waals surface area (Å²) in [4.78, 5) is 0. The number of rotatable bonds is 4. The monoisotopic (exact) mass is 266 g/mol. The first-order valence-corrected chi connectivity index (χ1v) is 7.30. The van der Waals surface area contributed by atoms with Crippen LogP contribution in [0.25, 0.3) is 0 Å². The highest BCUT2D eigenvalue weighted by atomic mass is 16.3. The molecule has 0 amide bonds. The standard InChI is InChI=1S/C14H26N4O/c1-10(15-11(2)14(3,4)19)13-17-16-12-8-6-5-7-9-18(12)13/h10-11,15,19H,5-9H2,1-4H3. The van der Waals surface area contributed by atoms with Gasteiger partial charge in [-0.15, -0.1) is 10.2 Å². The largest absolute Gasteiger partial charge is 0.389 e. The van der Waals surface area contributed by atoms with Gasteiger partial charge in [0.2, 0.25) is 0 Å². The highest BCUT2D eigenvalue weighted by Gasteiger charge is 2.26. The fourth-order valence-electron chi connectivity index (χ4n) is 2.48. The third-order valence-electron chi connectivity index (χ3n) is 4.09. The van der Waals surface area contributed by atoms with Crippen LogP contribution in [-0.4, -0.2) is 31.5 Å². The maximum absolute atomic E-state index is 10.0. The fraction of sp³-hybridized carbons (Fsp3) is 0.857. The minimum absolute atomic E-state index is 0.00114. The minimum atomic E-state index is -0.740. The Morgan fingerprint density at radius 1 is 1.21 bits per heavy atom. The van der Waals surface area contributed by atoms with E-state index >= 15 is 0 Å². The van der Waals surface area contributed by atoms with Crippen LogP contribution >= 0.6 is 0 Å². The van der Waals surface area contributed by atoms with Crippen LogP contribution in [0.4, 0.5) is 0 Å². The molecule has 2 N–H and O–H groups in total. The molecule has 0 spiro atoms. The number of nitrogens with zero attached hydrogens (tertiary/aromatic N) is 3. The normalized spacial score (nSPS) is 19.6. The molecule has 1 aliphatic rings. The Morgan fingerprint density at radius 2 is 1.95 bits per heavy atom. The predicted molar refractivity (Wildman–Crippen MR) is 74.9 cm³/mol. The first-order valence-electron chi connectivity index (χ1n) is 7.30. The van der Waals surface area contributed by atoms with Gasteiger partial charge in [-0.3, -0.25) is 0 Å². The van der Waals surface area contributed by atoms with E-state index in [4.69, 9.17) is 0 Å². The number of fused-ring (bicyclic) bond motifs is 1. The van der Waals surface area contributed by atoms with Crippen LogP contribution in [0, 0.1) is 0 Å². The van der Waals surface area contributed by atoms with Gasteiger partial charge in [-0.05, 0) is 40.5 Å². The molecule has 2 atom stereocenters. The zero-order valence-corrected chi connectivity index (χ0v) is 12.5. The second-order valence-corrected chi connectivity index (χ2v) is 6.20. The summed E-state index contributed by atoms with van der Waals surface area (Å²) in [6.45, 7) is 8.74. The summed E-state index contributed by atoms with van der Waals surface area (Å²) in [6, 6.07) is 0.0991. The summed E-state index contributed by atoms with van der Waals surface area (Å²) in [6.07, 6.45) is 4.71. The van der Waals surface area contributed by atoms with Crippen molar-refractivity contribution in [3.63, 3.8) is 0 Å². The van der Waals surface area contributed by atoms with Crippen molar-refractivity contribution in [3.05, 3.63) is 11.6 Å². The second-order valence-electron chi connectivity index (χ2n) is 6.20. The average molecular weight is 266 g/mol. The fourth-order valence-corrected chi connectivity index (χ4v) is 2.48. The Hall–Kier alpha value is -0.940. The molecule has 0 fully saturated rings. The van der Waals surface area contributed by atoms with E-state index in [-0.39, 0.29) is 12.1 Å². The molecule has 0 saturated carbocycles. The smallest absolute Gasteiger partial charge is 0.149 e. The van der Waals surface area contributed by atoms with Crippen LogP contribution in [0.3, 0.4) is 0 Å². The molecule has 19 heavy (non-hydrogen) atoms. The van der Waals surface area contributed by atoms with E-state index < -0.39 is 5.60 Å². The SMILES string of the molecule is CC(NC(C)C(C)(C)O)c1nnc2n1CCCCC2. The first kappa shape index (κ1) is 14.5. The van der Waals surface area contributed by atoms with Gasteiger partial charge < -0.3 is 15.0 Å². The lowest BCUT2D eigenvalue weighted by atomic mass is 10.00. The molecule has 5 heteroatoms. The number of hydrogen-bond donors (Lipinski definition) is 2. The molecule has 0 aromatic carbocycles. The Morgan fingerprint density at radius 3 is 2.63 bits per heavy atom. The third kappa shape index (κ3) is 3.34. The molecule has 5 nitrogen and oxygen atoms in total. The van der Waals surface area contributed by atoms with Crippen LogP contribution < -0.4 is 5.32 Å². The average Bonchev–Trinajstić information content (AvgIpc) is 2.57. The van der Waals surface area contributed by atoms with E-state index in [0.717, 1.165) is 24.6 Å². The van der Waals surface area contributed by atoms with E-state index in [1.807, 2.05) is 20.8 Å². The number of aryl methyl sites for hydroxylation is 1. The van der Waals surface area contributed by atoms with Gasteiger partial charge >= 0.3 is 0 Å². The topological polar surface area (TPSA) is 63.0 Å². The van der Waals surface area contributed by atoms with Crippen LogP contribution in [0.1, 0.15) is 64.6 Å². The Labute approximate surface area is 115 Å². The molecule has 1 aromatic rings. The van der Waals surface area contributed by atoms with Crippen LogP contribution in [0.15, 0.2) is 0 Å². The van der Waals surface area contributed by atoms with E-state index in [2.05, 4.69) is 27.0 Å². The maximum Gasteiger partial charge on any atom is 0.149 e. The molecule has 0 aliphatic carbocycles. The molecule has 108 valence electrons. The molecular formula is C14H26N4O. The Balaban J connectivity index is 2.11. The van der Waals surface area contributed by atoms with Crippen molar-refractivity contribution in [2.45, 2.75) is 77.6 Å². The van der Waals surface area contributed by atoms with Crippen LogP contribution in [0.5, 0.6) is 0 Å². The quantitative estimate of drug-likeness (QED) is 0.872. The highest BCUT2D eigenvalue weighted by Crippen LogP contribution is 2.20.